The van der Waals surface area contributed by atoms with Crippen LogP contribution in [0.3, 0.4) is 0 Å². The molecule has 0 fully saturated rings. The molecule has 0 aromatic rings. The van der Waals surface area contributed by atoms with Gasteiger partial charge in [-0.2, -0.15) is 0 Å². The fraction of sp³-hybridized carbons (Fsp3) is 0.900. The third-order valence-electron chi connectivity index (χ3n) is 6.79. The molecule has 1 atom stereocenters. The van der Waals surface area contributed by atoms with Crippen LogP contribution < -0.4 is 15.3 Å². The van der Waals surface area contributed by atoms with Gasteiger partial charge in [0, 0.05) is 34.2 Å². The van der Waals surface area contributed by atoms with Crippen LogP contribution in [0.5, 0.6) is 0 Å². The third-order valence-corrected chi connectivity index (χ3v) is 6.79. The molecule has 37 heavy (non-hydrogen) atoms. The van der Waals surface area contributed by atoms with Crippen LogP contribution in [0.4, 0.5) is 0 Å². The van der Waals surface area contributed by atoms with E-state index in [1.54, 1.807) is 34.6 Å². The molecule has 0 saturated carbocycles. The summed E-state index contributed by atoms with van der Waals surface area (Å²) in [5.74, 6) is -2.75. The van der Waals surface area contributed by atoms with Gasteiger partial charge < -0.3 is 29.7 Å². The predicted molar refractivity (Wildman–Crippen MR) is 143 cm³/mol. The second-order valence-electron chi connectivity index (χ2n) is 11.7. The largest absolute Gasteiger partial charge is 3.00 e. The van der Waals surface area contributed by atoms with Crippen molar-refractivity contribution >= 4 is 17.9 Å². The van der Waals surface area contributed by atoms with Crippen molar-refractivity contribution in [1.29, 1.82) is 0 Å². The third kappa shape index (κ3) is 24.4. The number of aliphatic carboxylic acids is 3. The van der Waals surface area contributed by atoms with Gasteiger partial charge in [-0.05, 0) is 25.7 Å². The van der Waals surface area contributed by atoms with Gasteiger partial charge in [0.15, 0.2) is 0 Å². The molecule has 0 aliphatic heterocycles. The molecule has 0 radical (unpaired) electrons. The average molecular weight is 653 g/mol. The SMILES string of the molecule is CCCCC(C)(CCC)C(=O)[O-].CCCCCCC(C)(C)C(=O)[O-].CCCCCCC(C)(C)C(=O)[O-].[La+3]. The minimum absolute atomic E-state index is 0. The summed E-state index contributed by atoms with van der Waals surface area (Å²) < 4.78 is 0. The number of carbonyl (C=O) groups excluding carboxylic acids is 3. The molecule has 0 heterocycles. The van der Waals surface area contributed by atoms with Crippen LogP contribution >= 0.6 is 0 Å². The number of hydrogen-bond acceptors (Lipinski definition) is 6. The standard InChI is InChI=1S/3C10H20O2.La/c2*1-4-5-6-7-8-10(2,3)9(11)12;1-4-6-8-10(3,7-5-2)9(11)12;/h3*4-8H2,1-3H3,(H,11,12);/q;;;+3/p-3. The number of rotatable bonds is 18. The fourth-order valence-electron chi connectivity index (χ4n) is 3.64. The van der Waals surface area contributed by atoms with Gasteiger partial charge in [-0.15, -0.1) is 0 Å². The Labute approximate surface area is 256 Å². The van der Waals surface area contributed by atoms with Crippen molar-refractivity contribution in [2.24, 2.45) is 16.2 Å². The van der Waals surface area contributed by atoms with Crippen molar-refractivity contribution in [3.05, 3.63) is 0 Å². The zero-order chi connectivity index (χ0) is 28.8. The summed E-state index contributed by atoms with van der Waals surface area (Å²) in [5, 5.41) is 32.0. The van der Waals surface area contributed by atoms with Crippen LogP contribution in [-0.4, -0.2) is 17.9 Å². The van der Waals surface area contributed by atoms with Gasteiger partial charge in [-0.3, -0.25) is 0 Å². The van der Waals surface area contributed by atoms with E-state index in [1.165, 1.54) is 25.7 Å². The summed E-state index contributed by atoms with van der Waals surface area (Å²) in [5.41, 5.74) is -1.88. The number of carboxylic acids is 3. The molecular formula is C30H57LaO6. The molecule has 0 aliphatic rings. The summed E-state index contributed by atoms with van der Waals surface area (Å²) in [4.78, 5) is 32.0. The Morgan fingerprint density at radius 2 is 0.811 bits per heavy atom. The van der Waals surface area contributed by atoms with E-state index >= 15 is 0 Å². The van der Waals surface area contributed by atoms with Crippen LogP contribution in [0, 0.1) is 51.8 Å². The van der Waals surface area contributed by atoms with Crippen molar-refractivity contribution in [2.45, 2.75) is 159 Å². The molecule has 0 aromatic carbocycles. The molecule has 1 unspecified atom stereocenters. The minimum Gasteiger partial charge on any atom is -0.550 e. The van der Waals surface area contributed by atoms with E-state index in [0.717, 1.165) is 70.6 Å². The number of carbonyl (C=O) groups is 3. The molecule has 0 rings (SSSR count). The van der Waals surface area contributed by atoms with Crippen LogP contribution in [0.1, 0.15) is 159 Å². The number of unbranched alkanes of at least 4 members (excludes halogenated alkanes) is 7. The number of carboxylic acid groups (broad SMARTS) is 3. The summed E-state index contributed by atoms with van der Waals surface area (Å²) in [6.07, 6.45) is 14.9. The van der Waals surface area contributed by atoms with Gasteiger partial charge in [-0.25, -0.2) is 0 Å². The van der Waals surface area contributed by atoms with E-state index in [0.29, 0.717) is 0 Å². The Morgan fingerprint density at radius 3 is 1.05 bits per heavy atom. The maximum Gasteiger partial charge on any atom is 3.00 e. The molecule has 0 amide bonds. The van der Waals surface area contributed by atoms with Crippen LogP contribution in [0.15, 0.2) is 0 Å². The maximum atomic E-state index is 10.8. The Hall–Kier alpha value is -0.395. The normalized spacial score (nSPS) is 12.6. The van der Waals surface area contributed by atoms with E-state index in [9.17, 15) is 29.7 Å². The Bertz CT molecular complexity index is 555. The van der Waals surface area contributed by atoms with Crippen molar-refractivity contribution < 1.29 is 65.3 Å². The van der Waals surface area contributed by atoms with Gasteiger partial charge in [0.1, 0.15) is 0 Å². The van der Waals surface area contributed by atoms with E-state index in [4.69, 9.17) is 0 Å². The molecule has 6 nitrogen and oxygen atoms in total. The molecule has 7 heteroatoms. The predicted octanol–water partition coefficient (Wildman–Crippen LogP) is 5.20. The first-order chi connectivity index (χ1) is 16.6. The van der Waals surface area contributed by atoms with Gasteiger partial charge >= 0.3 is 35.6 Å². The first-order valence-corrected chi connectivity index (χ1v) is 14.2. The molecule has 0 aliphatic carbocycles. The monoisotopic (exact) mass is 652 g/mol. The summed E-state index contributed by atoms with van der Waals surface area (Å²) in [7, 11) is 0. The van der Waals surface area contributed by atoms with Gasteiger partial charge in [-0.1, -0.05) is 133 Å². The number of hydrogen-bond donors (Lipinski definition) is 0. The Balaban J connectivity index is -0.000000218. The molecule has 0 saturated heterocycles. The van der Waals surface area contributed by atoms with E-state index in [2.05, 4.69) is 20.8 Å². The zero-order valence-corrected chi connectivity index (χ0v) is 29.3. The van der Waals surface area contributed by atoms with Crippen LogP contribution in [-0.2, 0) is 14.4 Å². The molecule has 0 N–H and O–H groups in total. The quantitative estimate of drug-likeness (QED) is 0.188. The van der Waals surface area contributed by atoms with E-state index in [-0.39, 0.29) is 35.6 Å². The van der Waals surface area contributed by atoms with Crippen molar-refractivity contribution in [3.8, 4) is 0 Å². The zero-order valence-electron chi connectivity index (χ0n) is 25.6. The van der Waals surface area contributed by atoms with Crippen LogP contribution in [0.25, 0.3) is 0 Å². The summed E-state index contributed by atoms with van der Waals surface area (Å²) in [6.45, 7) is 17.1. The van der Waals surface area contributed by atoms with Crippen LogP contribution in [0.2, 0.25) is 0 Å². The minimum atomic E-state index is -0.931. The second-order valence-corrected chi connectivity index (χ2v) is 11.7. The Morgan fingerprint density at radius 1 is 0.459 bits per heavy atom. The molecular weight excluding hydrogens is 595 g/mol. The average Bonchev–Trinajstić information content (AvgIpc) is 2.79. The second kappa shape index (κ2) is 24.6. The summed E-state index contributed by atoms with van der Waals surface area (Å²) >= 11 is 0. The molecule has 216 valence electrons. The topological polar surface area (TPSA) is 120 Å². The maximum absolute atomic E-state index is 10.8. The van der Waals surface area contributed by atoms with Gasteiger partial charge in [0.2, 0.25) is 0 Å². The summed E-state index contributed by atoms with van der Waals surface area (Å²) in [6, 6.07) is 0. The Kier molecular flexibility index (Phi) is 29.1. The van der Waals surface area contributed by atoms with Crippen molar-refractivity contribution in [3.63, 3.8) is 0 Å². The molecule has 0 bridgehead atoms. The first-order valence-electron chi connectivity index (χ1n) is 14.2. The van der Waals surface area contributed by atoms with Gasteiger partial charge in [0.25, 0.3) is 0 Å². The fourth-order valence-corrected chi connectivity index (χ4v) is 3.64. The molecule has 0 aromatic heterocycles. The van der Waals surface area contributed by atoms with Crippen molar-refractivity contribution in [2.75, 3.05) is 0 Å². The van der Waals surface area contributed by atoms with Gasteiger partial charge in [0.05, 0.1) is 0 Å². The first kappa shape index (κ1) is 43.7. The molecule has 0 spiro atoms. The smallest absolute Gasteiger partial charge is 0.550 e. The van der Waals surface area contributed by atoms with E-state index < -0.39 is 34.2 Å². The van der Waals surface area contributed by atoms with E-state index in [1.807, 2.05) is 6.92 Å². The van der Waals surface area contributed by atoms with Crippen molar-refractivity contribution in [1.82, 2.24) is 0 Å².